The molecule has 118 valence electrons. The molecule has 6 heteroatoms. The van der Waals surface area contributed by atoms with Gasteiger partial charge >= 0.3 is 5.97 Å². The molecule has 1 saturated heterocycles. The van der Waals surface area contributed by atoms with Crippen molar-refractivity contribution in [1.82, 2.24) is 10.2 Å². The number of carbonyl (C=O) groups is 3. The number of likely N-dealkylation sites (tertiary alicyclic amines) is 1. The molecule has 2 amide bonds. The molecule has 0 saturated carbocycles. The van der Waals surface area contributed by atoms with Gasteiger partial charge in [-0.1, -0.05) is 18.2 Å². The van der Waals surface area contributed by atoms with Gasteiger partial charge in [0.2, 0.25) is 5.91 Å². The van der Waals surface area contributed by atoms with E-state index in [2.05, 4.69) is 5.32 Å². The van der Waals surface area contributed by atoms with Crippen molar-refractivity contribution in [2.45, 2.75) is 25.3 Å². The number of hydrogen-bond donors (Lipinski definition) is 1. The second kappa shape index (κ2) is 7.59. The van der Waals surface area contributed by atoms with Crippen LogP contribution in [-0.2, 0) is 14.3 Å². The first kappa shape index (κ1) is 16.0. The minimum atomic E-state index is -0.542. The van der Waals surface area contributed by atoms with Crippen LogP contribution in [0.1, 0.15) is 29.6 Å². The van der Waals surface area contributed by atoms with E-state index in [0.29, 0.717) is 18.5 Å². The second-order valence-electron chi connectivity index (χ2n) is 5.17. The Balaban J connectivity index is 1.93. The smallest absolute Gasteiger partial charge is 0.328 e. The number of methoxy groups -OCH3 is 1. The monoisotopic (exact) mass is 304 g/mol. The van der Waals surface area contributed by atoms with Gasteiger partial charge < -0.3 is 15.0 Å². The van der Waals surface area contributed by atoms with Crippen LogP contribution < -0.4 is 5.32 Å². The van der Waals surface area contributed by atoms with Crippen LogP contribution in [0, 0.1) is 0 Å². The molecule has 1 aromatic rings. The van der Waals surface area contributed by atoms with Crippen LogP contribution >= 0.6 is 0 Å². The lowest BCUT2D eigenvalue weighted by Gasteiger charge is -2.33. The van der Waals surface area contributed by atoms with Gasteiger partial charge in [-0.25, -0.2) is 4.79 Å². The quantitative estimate of drug-likeness (QED) is 0.841. The summed E-state index contributed by atoms with van der Waals surface area (Å²) in [5, 5.41) is 2.59. The third kappa shape index (κ3) is 3.84. The molecule has 1 heterocycles. The maximum atomic E-state index is 12.3. The number of ether oxygens (including phenoxy) is 1. The van der Waals surface area contributed by atoms with Crippen LogP contribution in [0.2, 0.25) is 0 Å². The Morgan fingerprint density at radius 1 is 1.23 bits per heavy atom. The predicted molar refractivity (Wildman–Crippen MR) is 80.1 cm³/mol. The average molecular weight is 304 g/mol. The topological polar surface area (TPSA) is 75.7 Å². The van der Waals surface area contributed by atoms with Crippen LogP contribution in [0.5, 0.6) is 0 Å². The number of piperidine rings is 1. The highest BCUT2D eigenvalue weighted by Gasteiger charge is 2.32. The molecule has 2 rings (SSSR count). The summed E-state index contributed by atoms with van der Waals surface area (Å²) in [5.41, 5.74) is 0.499. The van der Waals surface area contributed by atoms with Gasteiger partial charge in [0.1, 0.15) is 6.04 Å². The van der Waals surface area contributed by atoms with E-state index < -0.39 is 12.0 Å². The highest BCUT2D eigenvalue weighted by molar-refractivity contribution is 5.96. The molecule has 0 radical (unpaired) electrons. The molecule has 22 heavy (non-hydrogen) atoms. The van der Waals surface area contributed by atoms with E-state index >= 15 is 0 Å². The summed E-state index contributed by atoms with van der Waals surface area (Å²) < 4.78 is 4.74. The maximum Gasteiger partial charge on any atom is 0.328 e. The molecule has 1 N–H and O–H groups in total. The molecule has 0 aliphatic carbocycles. The van der Waals surface area contributed by atoms with Crippen LogP contribution in [0.3, 0.4) is 0 Å². The van der Waals surface area contributed by atoms with Crippen molar-refractivity contribution < 1.29 is 19.1 Å². The lowest BCUT2D eigenvalue weighted by molar-refractivity contribution is -0.154. The van der Waals surface area contributed by atoms with Gasteiger partial charge in [-0.05, 0) is 31.4 Å². The van der Waals surface area contributed by atoms with Crippen molar-refractivity contribution in [3.63, 3.8) is 0 Å². The van der Waals surface area contributed by atoms with Crippen LogP contribution in [0.25, 0.3) is 0 Å². The number of amides is 2. The number of esters is 1. The molecule has 1 aliphatic heterocycles. The van der Waals surface area contributed by atoms with Crippen molar-refractivity contribution >= 4 is 17.8 Å². The van der Waals surface area contributed by atoms with Gasteiger partial charge in [0.05, 0.1) is 13.7 Å². The fourth-order valence-electron chi connectivity index (χ4n) is 2.56. The average Bonchev–Trinajstić information content (AvgIpc) is 2.59. The van der Waals surface area contributed by atoms with Crippen LogP contribution in [0.15, 0.2) is 30.3 Å². The van der Waals surface area contributed by atoms with Crippen molar-refractivity contribution in [3.8, 4) is 0 Å². The molecule has 0 spiro atoms. The summed E-state index contributed by atoms with van der Waals surface area (Å²) in [6.07, 6.45) is 2.34. The maximum absolute atomic E-state index is 12.3. The number of nitrogens with zero attached hydrogens (tertiary/aromatic N) is 1. The van der Waals surface area contributed by atoms with Gasteiger partial charge in [-0.3, -0.25) is 9.59 Å². The molecule has 6 nitrogen and oxygen atoms in total. The first-order valence-electron chi connectivity index (χ1n) is 7.34. The normalized spacial score (nSPS) is 17.7. The van der Waals surface area contributed by atoms with Crippen LogP contribution in [0.4, 0.5) is 0 Å². The summed E-state index contributed by atoms with van der Waals surface area (Å²) in [7, 11) is 1.32. The number of hydrogen-bond acceptors (Lipinski definition) is 4. The van der Waals surface area contributed by atoms with E-state index in [1.807, 2.05) is 6.07 Å². The first-order chi connectivity index (χ1) is 10.6. The SMILES string of the molecule is COC(=O)[C@@H]1CCCCN1C(=O)CNC(=O)c1ccccc1. The highest BCUT2D eigenvalue weighted by atomic mass is 16.5. The van der Waals surface area contributed by atoms with Gasteiger partial charge in [-0.2, -0.15) is 0 Å². The Labute approximate surface area is 129 Å². The molecule has 1 aliphatic rings. The fourth-order valence-corrected chi connectivity index (χ4v) is 2.56. The summed E-state index contributed by atoms with van der Waals surface area (Å²) in [4.78, 5) is 37.4. The molecule has 0 bridgehead atoms. The van der Waals surface area contributed by atoms with Gasteiger partial charge in [0.25, 0.3) is 5.91 Å². The molecule has 1 atom stereocenters. The first-order valence-corrected chi connectivity index (χ1v) is 7.34. The zero-order valence-electron chi connectivity index (χ0n) is 12.6. The summed E-state index contributed by atoms with van der Waals surface area (Å²) in [6, 6.07) is 8.15. The third-order valence-electron chi connectivity index (χ3n) is 3.73. The predicted octanol–water partition coefficient (Wildman–Crippen LogP) is 0.970. The van der Waals surface area contributed by atoms with E-state index in [0.717, 1.165) is 12.8 Å². The van der Waals surface area contributed by atoms with E-state index in [1.165, 1.54) is 12.0 Å². The Morgan fingerprint density at radius 2 is 1.95 bits per heavy atom. The van der Waals surface area contributed by atoms with Crippen LogP contribution in [-0.4, -0.2) is 48.9 Å². The van der Waals surface area contributed by atoms with Crippen molar-refractivity contribution in [1.29, 1.82) is 0 Å². The lowest BCUT2D eigenvalue weighted by Crippen LogP contribution is -2.51. The van der Waals surface area contributed by atoms with Gasteiger partial charge in [0, 0.05) is 12.1 Å². The Bertz CT molecular complexity index is 544. The summed E-state index contributed by atoms with van der Waals surface area (Å²) in [6.45, 7) is 0.390. The van der Waals surface area contributed by atoms with Crippen molar-refractivity contribution in [3.05, 3.63) is 35.9 Å². The Morgan fingerprint density at radius 3 is 2.64 bits per heavy atom. The minimum Gasteiger partial charge on any atom is -0.467 e. The minimum absolute atomic E-state index is 0.124. The molecular weight excluding hydrogens is 284 g/mol. The van der Waals surface area contributed by atoms with Crippen molar-refractivity contribution in [2.75, 3.05) is 20.2 Å². The number of carbonyl (C=O) groups excluding carboxylic acids is 3. The molecule has 0 unspecified atom stereocenters. The standard InChI is InChI=1S/C16H20N2O4/c1-22-16(21)13-9-5-6-10-18(13)14(19)11-17-15(20)12-7-3-2-4-8-12/h2-4,7-8,13H,5-6,9-11H2,1H3,(H,17,20)/t13-/m0/s1. The Kier molecular flexibility index (Phi) is 5.52. The van der Waals surface area contributed by atoms with Gasteiger partial charge in [-0.15, -0.1) is 0 Å². The summed E-state index contributed by atoms with van der Waals surface area (Å²) >= 11 is 0. The van der Waals surface area contributed by atoms with E-state index in [9.17, 15) is 14.4 Å². The van der Waals surface area contributed by atoms with Gasteiger partial charge in [0.15, 0.2) is 0 Å². The van der Waals surface area contributed by atoms with E-state index in [-0.39, 0.29) is 18.4 Å². The van der Waals surface area contributed by atoms with E-state index in [4.69, 9.17) is 4.74 Å². The zero-order chi connectivity index (χ0) is 15.9. The zero-order valence-corrected chi connectivity index (χ0v) is 12.6. The molecule has 0 aromatic heterocycles. The molecular formula is C16H20N2O4. The number of rotatable bonds is 4. The second-order valence-corrected chi connectivity index (χ2v) is 5.17. The fraction of sp³-hybridized carbons (Fsp3) is 0.438. The number of nitrogens with one attached hydrogen (secondary N) is 1. The molecule has 1 aromatic carbocycles. The Hall–Kier alpha value is -2.37. The van der Waals surface area contributed by atoms with E-state index in [1.54, 1.807) is 24.3 Å². The molecule has 1 fully saturated rings. The summed E-state index contributed by atoms with van der Waals surface area (Å²) in [5.74, 6) is -0.970. The lowest BCUT2D eigenvalue weighted by atomic mass is 10.0. The number of benzene rings is 1. The third-order valence-corrected chi connectivity index (χ3v) is 3.73. The largest absolute Gasteiger partial charge is 0.467 e. The van der Waals surface area contributed by atoms with Crippen molar-refractivity contribution in [2.24, 2.45) is 0 Å². The highest BCUT2D eigenvalue weighted by Crippen LogP contribution is 2.18.